The molecule has 0 bridgehead atoms. The summed E-state index contributed by atoms with van der Waals surface area (Å²) < 4.78 is 40.2. The van der Waals surface area contributed by atoms with Crippen molar-refractivity contribution >= 4 is 56.0 Å². The Morgan fingerprint density at radius 3 is 2.56 bits per heavy atom. The third-order valence-electron chi connectivity index (χ3n) is 12.3. The number of allylic oxidation sites excluding steroid dienone is 1. The third-order valence-corrected chi connectivity index (χ3v) is 14.5. The summed E-state index contributed by atoms with van der Waals surface area (Å²) in [5.74, 6) is -3.70. The molecule has 7 atom stereocenters. The number of hydrogen-bond donors (Lipinski definition) is 3. The van der Waals surface area contributed by atoms with Gasteiger partial charge in [-0.1, -0.05) is 26.0 Å². The van der Waals surface area contributed by atoms with Gasteiger partial charge < -0.3 is 34.8 Å². The van der Waals surface area contributed by atoms with Crippen LogP contribution in [0, 0.1) is 17.8 Å². The number of fused-ring (bicyclic) bond motifs is 5. The number of hydrogen-bond acceptors (Lipinski definition) is 11. The van der Waals surface area contributed by atoms with E-state index in [4.69, 9.17) is 9.47 Å². The Hall–Kier alpha value is -4.93. The molecule has 0 radical (unpaired) electrons. The maximum Gasteiger partial charge on any atom is 0.311 e. The number of aromatic nitrogens is 1. The van der Waals surface area contributed by atoms with E-state index in [2.05, 4.69) is 25.2 Å². The van der Waals surface area contributed by atoms with Crippen molar-refractivity contribution in [3.8, 4) is 11.6 Å². The van der Waals surface area contributed by atoms with Gasteiger partial charge >= 0.3 is 11.8 Å². The Labute approximate surface area is 333 Å². The third kappa shape index (κ3) is 7.74. The highest BCUT2D eigenvalue weighted by atomic mass is 32.2. The van der Waals surface area contributed by atoms with E-state index in [1.54, 1.807) is 13.1 Å². The minimum absolute atomic E-state index is 0.00350. The summed E-state index contributed by atoms with van der Waals surface area (Å²) in [6.07, 6.45) is 7.54. The van der Waals surface area contributed by atoms with Gasteiger partial charge in [0.15, 0.2) is 5.75 Å². The number of ether oxygens (including phenoxy) is 2. The number of nitrogens with zero attached hydrogens (tertiary/aromatic N) is 4. The fourth-order valence-electron chi connectivity index (χ4n) is 8.30. The number of anilines is 1. The molecule has 2 aliphatic carbocycles. The molecule has 3 N–H and O–H groups in total. The average molecular weight is 808 g/mol. The fraction of sp³-hybridized carbons (Fsp3) is 0.600. The molecule has 1 saturated heterocycles. The van der Waals surface area contributed by atoms with Gasteiger partial charge in [-0.05, 0) is 75.5 Å². The quantitative estimate of drug-likeness (QED) is 0.285. The molecule has 0 spiro atoms. The zero-order valence-electron chi connectivity index (χ0n) is 33.4. The Morgan fingerprint density at radius 2 is 1.84 bits per heavy atom. The molecule has 57 heavy (non-hydrogen) atoms. The first kappa shape index (κ1) is 40.3. The van der Waals surface area contributed by atoms with E-state index >= 15 is 0 Å². The van der Waals surface area contributed by atoms with E-state index in [0.29, 0.717) is 43.4 Å². The molecule has 5 amide bonds. The summed E-state index contributed by atoms with van der Waals surface area (Å²) in [7, 11) is 0.848. The van der Waals surface area contributed by atoms with Crippen molar-refractivity contribution in [3.63, 3.8) is 0 Å². The highest BCUT2D eigenvalue weighted by Crippen LogP contribution is 2.48. The van der Waals surface area contributed by atoms with E-state index in [-0.39, 0.29) is 31.2 Å². The van der Waals surface area contributed by atoms with Crippen molar-refractivity contribution in [2.45, 2.75) is 94.2 Å². The molecular formula is C40H53N7O9S. The molecule has 0 unspecified atom stereocenters. The normalized spacial score (nSPS) is 29.6. The van der Waals surface area contributed by atoms with Crippen molar-refractivity contribution in [2.24, 2.45) is 17.8 Å². The average Bonchev–Trinajstić information content (AvgIpc) is 4.05. The minimum Gasteiger partial charge on any atom is -0.489 e. The lowest BCUT2D eigenvalue weighted by Crippen LogP contribution is -2.60. The lowest BCUT2D eigenvalue weighted by Gasteiger charge is -2.33. The lowest BCUT2D eigenvalue weighted by atomic mass is 9.87. The van der Waals surface area contributed by atoms with Crippen LogP contribution in [-0.2, 0) is 34.0 Å². The second-order valence-electron chi connectivity index (χ2n) is 17.0. The molecule has 5 aliphatic rings. The summed E-state index contributed by atoms with van der Waals surface area (Å²) in [4.78, 5) is 78.4. The van der Waals surface area contributed by atoms with Crippen LogP contribution in [0.4, 0.5) is 5.69 Å². The standard InChI is InChI=1S/C40H53N7O9S/c1-23-9-7-8-10-25-21-40(25,38(52)44-57(53,54)39(3)14-15-39)43-33(48)30-20-26(22-47(30)36(50)31(24(2)19-23)42-34(49)37(51)45(4)5)56-35-28-11-12-29-32(27(28)13-16-41-35)55-18-17-46(29)6/h8,10-13,16,23-26,30-31H,7,9,14-15,17-22H2,1-6H3,(H,42,49)(H,43,48)(H,44,52)/t23-,24+,25+,26+,30-,31-,40+/m0/s1. The molecule has 4 heterocycles. The number of likely N-dealkylation sites (N-methyl/N-ethyl adjacent to an activating group) is 2. The second kappa shape index (κ2) is 15.1. The van der Waals surface area contributed by atoms with Crippen molar-refractivity contribution in [2.75, 3.05) is 45.7 Å². The monoisotopic (exact) mass is 807 g/mol. The predicted octanol–water partition coefficient (Wildman–Crippen LogP) is 1.87. The first-order chi connectivity index (χ1) is 26.9. The molecule has 2 saturated carbocycles. The lowest BCUT2D eigenvalue weighted by molar-refractivity contribution is -0.148. The van der Waals surface area contributed by atoms with Crippen LogP contribution in [-0.4, -0.2) is 122 Å². The zero-order valence-corrected chi connectivity index (χ0v) is 34.2. The van der Waals surface area contributed by atoms with Crippen LogP contribution in [0.15, 0.2) is 36.5 Å². The molecule has 1 aromatic heterocycles. The van der Waals surface area contributed by atoms with Crippen LogP contribution in [0.25, 0.3) is 10.8 Å². The van der Waals surface area contributed by atoms with Gasteiger partial charge in [0.2, 0.25) is 27.7 Å². The maximum absolute atomic E-state index is 14.8. The number of nitrogens with one attached hydrogen (secondary N) is 3. The van der Waals surface area contributed by atoms with Crippen LogP contribution in [0.5, 0.6) is 11.6 Å². The van der Waals surface area contributed by atoms with E-state index in [1.165, 1.54) is 19.0 Å². The molecule has 17 heteroatoms. The molecule has 7 rings (SSSR count). The van der Waals surface area contributed by atoms with E-state index in [9.17, 15) is 32.4 Å². The van der Waals surface area contributed by atoms with Crippen molar-refractivity contribution in [1.82, 2.24) is 30.1 Å². The highest BCUT2D eigenvalue weighted by Gasteiger charge is 2.63. The topological polar surface area (TPSA) is 197 Å². The number of pyridine rings is 1. The Morgan fingerprint density at radius 1 is 1.09 bits per heavy atom. The van der Waals surface area contributed by atoms with Crippen LogP contribution >= 0.6 is 0 Å². The van der Waals surface area contributed by atoms with Crippen LogP contribution in [0.1, 0.15) is 65.7 Å². The summed E-state index contributed by atoms with van der Waals surface area (Å²) in [6.45, 7) is 6.62. The summed E-state index contributed by atoms with van der Waals surface area (Å²) in [5, 5.41) is 7.03. The van der Waals surface area contributed by atoms with Gasteiger partial charge in [-0.2, -0.15) is 0 Å². The molecule has 3 fully saturated rings. The summed E-state index contributed by atoms with van der Waals surface area (Å²) >= 11 is 0. The van der Waals surface area contributed by atoms with Gasteiger partial charge in [-0.3, -0.25) is 28.7 Å². The number of benzene rings is 1. The molecular weight excluding hydrogens is 755 g/mol. The van der Waals surface area contributed by atoms with Crippen LogP contribution in [0.2, 0.25) is 0 Å². The van der Waals surface area contributed by atoms with Crippen LogP contribution < -0.4 is 29.7 Å². The van der Waals surface area contributed by atoms with Gasteiger partial charge in [0.25, 0.3) is 5.91 Å². The number of amides is 5. The van der Waals surface area contributed by atoms with Gasteiger partial charge in [0.1, 0.15) is 30.3 Å². The number of sulfonamides is 1. The fourth-order valence-corrected chi connectivity index (χ4v) is 9.61. The first-order valence-corrected chi connectivity index (χ1v) is 21.2. The van der Waals surface area contributed by atoms with E-state index in [0.717, 1.165) is 28.9 Å². The van der Waals surface area contributed by atoms with Gasteiger partial charge in [-0.25, -0.2) is 13.4 Å². The van der Waals surface area contributed by atoms with E-state index < -0.39 is 79.9 Å². The molecule has 308 valence electrons. The number of carbonyl (C=O) groups is 5. The molecule has 3 aliphatic heterocycles. The summed E-state index contributed by atoms with van der Waals surface area (Å²) in [5.41, 5.74) is -0.636. The Balaban J connectivity index is 1.23. The molecule has 1 aromatic carbocycles. The SMILES string of the molecule is C[C@H]1CCC=C[C@@H]2C[C@@]2(C(=O)NS(=O)(=O)C2(C)CC2)NC(=O)[C@@H]2C[C@@H](Oc3nccc4c5c(ccc34)N(C)CCO5)CN2C(=O)[C@@H](NC(=O)C(=O)N(C)C)[C@H](C)C1. The zero-order chi connectivity index (χ0) is 41.0. The summed E-state index contributed by atoms with van der Waals surface area (Å²) in [6, 6.07) is 3.30. The smallest absolute Gasteiger partial charge is 0.311 e. The largest absolute Gasteiger partial charge is 0.489 e. The van der Waals surface area contributed by atoms with Gasteiger partial charge in [-0.15, -0.1) is 0 Å². The van der Waals surface area contributed by atoms with Gasteiger partial charge in [0.05, 0.1) is 23.5 Å². The molecule has 16 nitrogen and oxygen atoms in total. The van der Waals surface area contributed by atoms with Gasteiger partial charge in [0, 0.05) is 50.5 Å². The first-order valence-electron chi connectivity index (χ1n) is 19.7. The number of carbonyl (C=O) groups excluding carboxylic acids is 5. The minimum atomic E-state index is -4.02. The maximum atomic E-state index is 14.8. The molecule has 2 aromatic rings. The second-order valence-corrected chi connectivity index (χ2v) is 19.2. The Kier molecular flexibility index (Phi) is 10.7. The van der Waals surface area contributed by atoms with Crippen molar-refractivity contribution in [3.05, 3.63) is 36.5 Å². The Bertz CT molecular complexity index is 2120. The van der Waals surface area contributed by atoms with E-state index in [1.807, 2.05) is 51.2 Å². The number of rotatable bonds is 6. The predicted molar refractivity (Wildman–Crippen MR) is 211 cm³/mol. The van der Waals surface area contributed by atoms with Crippen LogP contribution in [0.3, 0.4) is 0 Å². The highest BCUT2D eigenvalue weighted by molar-refractivity contribution is 7.91. The van der Waals surface area contributed by atoms with Crippen molar-refractivity contribution in [1.29, 1.82) is 0 Å². The van der Waals surface area contributed by atoms with Crippen molar-refractivity contribution < 1.29 is 41.9 Å².